The van der Waals surface area contributed by atoms with Crippen molar-refractivity contribution in [3.8, 4) is 0 Å². The summed E-state index contributed by atoms with van der Waals surface area (Å²) in [5.74, 6) is -0.888. The van der Waals surface area contributed by atoms with Crippen LogP contribution in [0.15, 0.2) is 0 Å². The lowest BCUT2D eigenvalue weighted by molar-refractivity contribution is -0.144. The van der Waals surface area contributed by atoms with E-state index in [-0.39, 0.29) is 17.9 Å². The first-order valence-corrected chi connectivity index (χ1v) is 7.32. The molecule has 1 atom stereocenters. The number of carbonyl (C=O) groups excluding carboxylic acids is 2. The monoisotopic (exact) mass is 299 g/mol. The highest BCUT2D eigenvalue weighted by Crippen LogP contribution is 2.33. The van der Waals surface area contributed by atoms with Crippen LogP contribution in [0.25, 0.3) is 0 Å². The van der Waals surface area contributed by atoms with Gasteiger partial charge in [0.25, 0.3) is 0 Å². The van der Waals surface area contributed by atoms with Gasteiger partial charge in [0, 0.05) is 11.4 Å². The molecule has 5 nitrogen and oxygen atoms in total. The average Bonchev–Trinajstić information content (AvgIpc) is 2.70. The Morgan fingerprint density at radius 1 is 1.35 bits per heavy atom. The maximum atomic E-state index is 12.0. The second-order valence-electron chi connectivity index (χ2n) is 4.51. The van der Waals surface area contributed by atoms with E-state index in [1.807, 2.05) is 13.8 Å². The van der Waals surface area contributed by atoms with E-state index in [0.29, 0.717) is 18.7 Å². The summed E-state index contributed by atoms with van der Waals surface area (Å²) in [5, 5.41) is 3.89. The number of carbonyl (C=O) groups is 2. The SMILES string of the molecule is CCOC(=O)c1c(NCC(C)C(=O)OC)sc(C)c1C. The molecule has 0 saturated heterocycles. The van der Waals surface area contributed by atoms with Crippen LogP contribution >= 0.6 is 11.3 Å². The lowest BCUT2D eigenvalue weighted by atomic mass is 10.1. The minimum absolute atomic E-state index is 0.278. The molecule has 1 aromatic rings. The molecule has 1 heterocycles. The molecular weight excluding hydrogens is 278 g/mol. The highest BCUT2D eigenvalue weighted by atomic mass is 32.1. The van der Waals surface area contributed by atoms with E-state index >= 15 is 0 Å². The Bertz CT molecular complexity index is 496. The zero-order chi connectivity index (χ0) is 15.3. The fourth-order valence-electron chi connectivity index (χ4n) is 1.73. The lowest BCUT2D eigenvalue weighted by Gasteiger charge is -2.11. The van der Waals surface area contributed by atoms with Crippen molar-refractivity contribution in [2.45, 2.75) is 27.7 Å². The third-order valence-corrected chi connectivity index (χ3v) is 4.20. The van der Waals surface area contributed by atoms with E-state index in [0.717, 1.165) is 15.4 Å². The van der Waals surface area contributed by atoms with Gasteiger partial charge in [-0.25, -0.2) is 4.79 Å². The van der Waals surface area contributed by atoms with E-state index < -0.39 is 0 Å². The van der Waals surface area contributed by atoms with Gasteiger partial charge in [0.05, 0.1) is 25.2 Å². The van der Waals surface area contributed by atoms with Gasteiger partial charge < -0.3 is 14.8 Å². The van der Waals surface area contributed by atoms with Crippen LogP contribution in [-0.4, -0.2) is 32.2 Å². The predicted molar refractivity (Wildman–Crippen MR) is 79.4 cm³/mol. The zero-order valence-corrected chi connectivity index (χ0v) is 13.3. The average molecular weight is 299 g/mol. The van der Waals surface area contributed by atoms with Gasteiger partial charge in [-0.1, -0.05) is 6.92 Å². The molecule has 0 spiro atoms. The summed E-state index contributed by atoms with van der Waals surface area (Å²) in [6, 6.07) is 0. The van der Waals surface area contributed by atoms with E-state index in [9.17, 15) is 9.59 Å². The highest BCUT2D eigenvalue weighted by molar-refractivity contribution is 7.16. The minimum Gasteiger partial charge on any atom is -0.469 e. The second kappa shape index (κ2) is 7.28. The molecule has 1 aromatic heterocycles. The molecule has 1 N–H and O–H groups in total. The van der Waals surface area contributed by atoms with Gasteiger partial charge in [0.15, 0.2) is 0 Å². The normalized spacial score (nSPS) is 11.8. The van der Waals surface area contributed by atoms with E-state index in [1.165, 1.54) is 18.4 Å². The number of hydrogen-bond donors (Lipinski definition) is 1. The van der Waals surface area contributed by atoms with Gasteiger partial charge in [-0.05, 0) is 26.3 Å². The van der Waals surface area contributed by atoms with Crippen LogP contribution < -0.4 is 5.32 Å². The Morgan fingerprint density at radius 2 is 2.00 bits per heavy atom. The lowest BCUT2D eigenvalue weighted by Crippen LogP contribution is -2.22. The first-order valence-electron chi connectivity index (χ1n) is 6.51. The number of methoxy groups -OCH3 is 1. The Balaban J connectivity index is 2.87. The number of nitrogens with one attached hydrogen (secondary N) is 1. The second-order valence-corrected chi connectivity index (χ2v) is 5.74. The summed E-state index contributed by atoms with van der Waals surface area (Å²) >= 11 is 1.49. The minimum atomic E-state index is -0.331. The van der Waals surface area contributed by atoms with Crippen LogP contribution in [0.3, 0.4) is 0 Å². The van der Waals surface area contributed by atoms with Crippen LogP contribution in [0.5, 0.6) is 0 Å². The molecule has 0 aliphatic carbocycles. The molecule has 0 aliphatic rings. The van der Waals surface area contributed by atoms with E-state index in [2.05, 4.69) is 10.1 Å². The molecule has 0 amide bonds. The summed E-state index contributed by atoms with van der Waals surface area (Å²) in [5.41, 5.74) is 1.48. The van der Waals surface area contributed by atoms with Gasteiger partial charge >= 0.3 is 11.9 Å². The molecule has 0 fully saturated rings. The quantitative estimate of drug-likeness (QED) is 0.818. The Morgan fingerprint density at radius 3 is 2.55 bits per heavy atom. The van der Waals surface area contributed by atoms with Gasteiger partial charge in [0.2, 0.25) is 0 Å². The topological polar surface area (TPSA) is 64.6 Å². The van der Waals surface area contributed by atoms with Crippen LogP contribution in [0.2, 0.25) is 0 Å². The maximum Gasteiger partial charge on any atom is 0.341 e. The standard InChI is InChI=1S/C14H21NO4S/c1-6-19-14(17)11-9(3)10(4)20-12(11)15-7-8(2)13(16)18-5/h8,15H,6-7H2,1-5H3. The molecule has 1 unspecified atom stereocenters. The van der Waals surface area contributed by atoms with Crippen LogP contribution in [-0.2, 0) is 14.3 Å². The van der Waals surface area contributed by atoms with Gasteiger partial charge in [-0.15, -0.1) is 11.3 Å². The van der Waals surface area contributed by atoms with Crippen LogP contribution in [0, 0.1) is 19.8 Å². The van der Waals surface area contributed by atoms with Crippen molar-refractivity contribution in [1.82, 2.24) is 0 Å². The number of rotatable bonds is 6. The van der Waals surface area contributed by atoms with Gasteiger partial charge in [-0.2, -0.15) is 0 Å². The first-order chi connectivity index (χ1) is 9.42. The summed E-state index contributed by atoms with van der Waals surface area (Å²) in [6.45, 7) is 8.16. The van der Waals surface area contributed by atoms with Crippen molar-refractivity contribution in [1.29, 1.82) is 0 Å². The number of esters is 2. The molecular formula is C14H21NO4S. The molecule has 0 radical (unpaired) electrons. The van der Waals surface area contributed by atoms with Crippen LogP contribution in [0.4, 0.5) is 5.00 Å². The molecule has 1 rings (SSSR count). The fourth-order valence-corrected chi connectivity index (χ4v) is 2.79. The summed E-state index contributed by atoms with van der Waals surface area (Å²) < 4.78 is 9.75. The van der Waals surface area contributed by atoms with Crippen molar-refractivity contribution in [3.63, 3.8) is 0 Å². The molecule has 0 bridgehead atoms. The third kappa shape index (κ3) is 3.72. The number of aryl methyl sites for hydroxylation is 1. The van der Waals surface area contributed by atoms with Crippen molar-refractivity contribution < 1.29 is 19.1 Å². The predicted octanol–water partition coefficient (Wildman–Crippen LogP) is 2.76. The Labute approximate surface area is 123 Å². The molecule has 0 aromatic carbocycles. The Hall–Kier alpha value is -1.56. The highest BCUT2D eigenvalue weighted by Gasteiger charge is 2.21. The first kappa shape index (κ1) is 16.5. The smallest absolute Gasteiger partial charge is 0.341 e. The van der Waals surface area contributed by atoms with Crippen molar-refractivity contribution in [3.05, 3.63) is 16.0 Å². The van der Waals surface area contributed by atoms with E-state index in [4.69, 9.17) is 4.74 Å². The fraction of sp³-hybridized carbons (Fsp3) is 0.571. The number of ether oxygens (including phenoxy) is 2. The van der Waals surface area contributed by atoms with Gasteiger partial charge in [0.1, 0.15) is 5.00 Å². The molecule has 20 heavy (non-hydrogen) atoms. The summed E-state index contributed by atoms with van der Waals surface area (Å²) in [6.07, 6.45) is 0. The summed E-state index contributed by atoms with van der Waals surface area (Å²) in [4.78, 5) is 24.4. The third-order valence-electron chi connectivity index (χ3n) is 3.04. The number of thiophene rings is 1. The van der Waals surface area contributed by atoms with Crippen molar-refractivity contribution in [2.75, 3.05) is 25.6 Å². The molecule has 112 valence electrons. The van der Waals surface area contributed by atoms with Crippen molar-refractivity contribution >= 4 is 28.3 Å². The maximum absolute atomic E-state index is 12.0. The van der Waals surface area contributed by atoms with Crippen LogP contribution in [0.1, 0.15) is 34.6 Å². The number of anilines is 1. The molecule has 0 aliphatic heterocycles. The van der Waals surface area contributed by atoms with E-state index in [1.54, 1.807) is 13.8 Å². The van der Waals surface area contributed by atoms with Crippen molar-refractivity contribution in [2.24, 2.45) is 5.92 Å². The number of hydrogen-bond acceptors (Lipinski definition) is 6. The largest absolute Gasteiger partial charge is 0.469 e. The summed E-state index contributed by atoms with van der Waals surface area (Å²) in [7, 11) is 1.36. The molecule has 0 saturated carbocycles. The Kier molecular flexibility index (Phi) is 6.01. The molecule has 6 heteroatoms. The zero-order valence-electron chi connectivity index (χ0n) is 12.5. The van der Waals surface area contributed by atoms with Gasteiger partial charge in [-0.3, -0.25) is 4.79 Å².